The van der Waals surface area contributed by atoms with Crippen molar-refractivity contribution in [1.29, 1.82) is 0 Å². The largest absolute Gasteiger partial charge is 0.298 e. The fourth-order valence-electron chi connectivity index (χ4n) is 3.53. The maximum Gasteiger partial charge on any atom is 0.192 e. The SMILES string of the molecule is Cc1cc(C)c(C(=O)CSc2nnc(-c3cccs3)n2C2CC2)c(C)c1C. The number of aryl methyl sites for hydroxylation is 2. The molecule has 0 amide bonds. The van der Waals surface area contributed by atoms with Crippen molar-refractivity contribution in [2.24, 2.45) is 0 Å². The molecule has 0 aliphatic heterocycles. The highest BCUT2D eigenvalue weighted by Crippen LogP contribution is 2.41. The van der Waals surface area contributed by atoms with E-state index in [1.165, 1.54) is 22.9 Å². The molecule has 0 bridgehead atoms. The Balaban J connectivity index is 1.58. The quantitative estimate of drug-likeness (QED) is 0.404. The highest BCUT2D eigenvalue weighted by atomic mass is 32.2. The molecule has 0 unspecified atom stereocenters. The lowest BCUT2D eigenvalue weighted by atomic mass is 9.92. The molecule has 140 valence electrons. The molecule has 3 aromatic rings. The number of ketones is 1. The van der Waals surface area contributed by atoms with Crippen LogP contribution in [0.2, 0.25) is 0 Å². The first-order chi connectivity index (χ1) is 13.0. The van der Waals surface area contributed by atoms with Gasteiger partial charge in [0.1, 0.15) is 0 Å². The normalized spacial score (nSPS) is 13.9. The molecule has 1 fully saturated rings. The van der Waals surface area contributed by atoms with Crippen molar-refractivity contribution in [3.05, 3.63) is 51.4 Å². The highest BCUT2D eigenvalue weighted by molar-refractivity contribution is 7.99. The number of hydrogen-bond acceptors (Lipinski definition) is 5. The van der Waals surface area contributed by atoms with Gasteiger partial charge in [-0.25, -0.2) is 0 Å². The van der Waals surface area contributed by atoms with Crippen LogP contribution in [-0.4, -0.2) is 26.3 Å². The van der Waals surface area contributed by atoms with Gasteiger partial charge in [-0.1, -0.05) is 23.9 Å². The summed E-state index contributed by atoms with van der Waals surface area (Å²) < 4.78 is 2.23. The summed E-state index contributed by atoms with van der Waals surface area (Å²) in [5, 5.41) is 11.7. The second-order valence-corrected chi connectivity index (χ2v) is 9.12. The third-order valence-corrected chi connectivity index (χ3v) is 7.09. The van der Waals surface area contributed by atoms with Crippen LogP contribution < -0.4 is 0 Å². The van der Waals surface area contributed by atoms with E-state index in [1.54, 1.807) is 11.3 Å². The third kappa shape index (κ3) is 3.48. The summed E-state index contributed by atoms with van der Waals surface area (Å²) in [6.07, 6.45) is 2.32. The predicted molar refractivity (Wildman–Crippen MR) is 112 cm³/mol. The van der Waals surface area contributed by atoms with Crippen LogP contribution in [0.3, 0.4) is 0 Å². The number of Topliss-reactive ketones (excluding diaryl/α,β-unsaturated/α-hetero) is 1. The number of benzene rings is 1. The van der Waals surface area contributed by atoms with Gasteiger partial charge in [-0.3, -0.25) is 9.36 Å². The first-order valence-corrected chi connectivity index (χ1v) is 11.1. The number of carbonyl (C=O) groups excluding carboxylic acids is 1. The summed E-state index contributed by atoms with van der Waals surface area (Å²) in [6.45, 7) is 8.27. The van der Waals surface area contributed by atoms with E-state index in [0.717, 1.165) is 45.4 Å². The Morgan fingerprint density at radius 2 is 1.96 bits per heavy atom. The minimum Gasteiger partial charge on any atom is -0.298 e. The molecule has 1 aliphatic rings. The van der Waals surface area contributed by atoms with Crippen LogP contribution in [0.15, 0.2) is 28.7 Å². The lowest BCUT2D eigenvalue weighted by Gasteiger charge is -2.14. The Kier molecular flexibility index (Phi) is 4.95. The molecule has 6 heteroatoms. The van der Waals surface area contributed by atoms with Crippen molar-refractivity contribution in [3.8, 4) is 10.7 Å². The molecule has 0 saturated heterocycles. The summed E-state index contributed by atoms with van der Waals surface area (Å²) in [6, 6.07) is 6.70. The molecule has 4 rings (SSSR count). The zero-order valence-corrected chi connectivity index (χ0v) is 17.7. The number of nitrogens with zero attached hydrogens (tertiary/aromatic N) is 3. The van der Waals surface area contributed by atoms with E-state index in [4.69, 9.17) is 0 Å². The van der Waals surface area contributed by atoms with Gasteiger partial charge in [0, 0.05) is 11.6 Å². The Morgan fingerprint density at radius 1 is 1.19 bits per heavy atom. The van der Waals surface area contributed by atoms with E-state index in [-0.39, 0.29) is 5.78 Å². The molecule has 4 nitrogen and oxygen atoms in total. The molecule has 0 atom stereocenters. The molecular weight excluding hydrogens is 374 g/mol. The van der Waals surface area contributed by atoms with Crippen LogP contribution in [0.4, 0.5) is 0 Å². The summed E-state index contributed by atoms with van der Waals surface area (Å²) in [5.41, 5.74) is 5.46. The predicted octanol–water partition coefficient (Wildman–Crippen LogP) is 5.55. The molecule has 1 aromatic carbocycles. The highest BCUT2D eigenvalue weighted by Gasteiger charge is 2.30. The topological polar surface area (TPSA) is 47.8 Å². The van der Waals surface area contributed by atoms with Gasteiger partial charge in [0.15, 0.2) is 16.8 Å². The summed E-state index contributed by atoms with van der Waals surface area (Å²) in [4.78, 5) is 14.1. The van der Waals surface area contributed by atoms with E-state index in [1.807, 2.05) is 13.0 Å². The number of aromatic nitrogens is 3. The molecule has 0 N–H and O–H groups in total. The molecule has 27 heavy (non-hydrogen) atoms. The van der Waals surface area contributed by atoms with Crippen LogP contribution in [0.5, 0.6) is 0 Å². The molecular formula is C21H23N3OS2. The Hall–Kier alpha value is -1.92. The van der Waals surface area contributed by atoms with Crippen molar-refractivity contribution in [3.63, 3.8) is 0 Å². The van der Waals surface area contributed by atoms with Gasteiger partial charge in [-0.15, -0.1) is 21.5 Å². The van der Waals surface area contributed by atoms with Crippen LogP contribution in [-0.2, 0) is 0 Å². The van der Waals surface area contributed by atoms with E-state index < -0.39 is 0 Å². The number of carbonyl (C=O) groups is 1. The number of rotatable bonds is 6. The van der Waals surface area contributed by atoms with Crippen molar-refractivity contribution < 1.29 is 4.79 Å². The van der Waals surface area contributed by atoms with E-state index in [9.17, 15) is 4.79 Å². The van der Waals surface area contributed by atoms with Crippen LogP contribution in [0.1, 0.15) is 51.5 Å². The smallest absolute Gasteiger partial charge is 0.192 e. The van der Waals surface area contributed by atoms with Gasteiger partial charge in [-0.2, -0.15) is 0 Å². The van der Waals surface area contributed by atoms with Crippen molar-refractivity contribution in [2.45, 2.75) is 51.7 Å². The standard InChI is InChI=1S/C21H23N3OS2/c1-12-10-13(2)19(15(4)14(12)3)17(25)11-27-21-23-22-20(18-6-5-9-26-18)24(21)16-7-8-16/h5-6,9-10,16H,7-8,11H2,1-4H3. The zero-order valence-electron chi connectivity index (χ0n) is 16.1. The fraction of sp³-hybridized carbons (Fsp3) is 0.381. The van der Waals surface area contributed by atoms with Crippen LogP contribution in [0.25, 0.3) is 10.7 Å². The van der Waals surface area contributed by atoms with Gasteiger partial charge < -0.3 is 0 Å². The van der Waals surface area contributed by atoms with Crippen molar-refractivity contribution in [2.75, 3.05) is 5.75 Å². The molecule has 2 heterocycles. The van der Waals surface area contributed by atoms with Gasteiger partial charge in [0.05, 0.1) is 10.6 Å². The van der Waals surface area contributed by atoms with E-state index >= 15 is 0 Å². The van der Waals surface area contributed by atoms with Crippen molar-refractivity contribution >= 4 is 28.9 Å². The maximum absolute atomic E-state index is 13.0. The maximum atomic E-state index is 13.0. The number of thiophene rings is 1. The summed E-state index contributed by atoms with van der Waals surface area (Å²) in [5.74, 6) is 1.49. The number of hydrogen-bond donors (Lipinski definition) is 0. The Bertz CT molecular complexity index is 1000. The Labute approximate surface area is 168 Å². The van der Waals surface area contributed by atoms with Crippen molar-refractivity contribution in [1.82, 2.24) is 14.8 Å². The van der Waals surface area contributed by atoms with Gasteiger partial charge in [-0.05, 0) is 74.2 Å². The van der Waals surface area contributed by atoms with Crippen LogP contribution >= 0.6 is 23.1 Å². The van der Waals surface area contributed by atoms with E-state index in [0.29, 0.717) is 11.8 Å². The summed E-state index contributed by atoms with van der Waals surface area (Å²) in [7, 11) is 0. The van der Waals surface area contributed by atoms with Gasteiger partial charge in [0.2, 0.25) is 0 Å². The molecule has 0 spiro atoms. The summed E-state index contributed by atoms with van der Waals surface area (Å²) >= 11 is 3.19. The average Bonchev–Trinajstić information content (AvgIpc) is 3.16. The van der Waals surface area contributed by atoms with Crippen LogP contribution in [0, 0.1) is 27.7 Å². The molecule has 1 saturated carbocycles. The lowest BCUT2D eigenvalue weighted by Crippen LogP contribution is -2.10. The molecule has 1 aliphatic carbocycles. The van der Waals surface area contributed by atoms with Gasteiger partial charge in [0.25, 0.3) is 0 Å². The minimum absolute atomic E-state index is 0.168. The third-order valence-electron chi connectivity index (χ3n) is 5.29. The zero-order chi connectivity index (χ0) is 19.1. The Morgan fingerprint density at radius 3 is 2.63 bits per heavy atom. The van der Waals surface area contributed by atoms with Gasteiger partial charge >= 0.3 is 0 Å². The number of thioether (sulfide) groups is 1. The lowest BCUT2D eigenvalue weighted by molar-refractivity contribution is 0.102. The first kappa shape index (κ1) is 18.4. The first-order valence-electron chi connectivity index (χ1n) is 9.19. The molecule has 2 aromatic heterocycles. The minimum atomic E-state index is 0.168. The average molecular weight is 398 g/mol. The monoisotopic (exact) mass is 397 g/mol. The van der Waals surface area contributed by atoms with E-state index in [2.05, 4.69) is 53.0 Å². The fourth-order valence-corrected chi connectivity index (χ4v) is 5.11. The second-order valence-electron chi connectivity index (χ2n) is 7.23. The molecule has 0 radical (unpaired) electrons. The second kappa shape index (κ2) is 7.24.